The van der Waals surface area contributed by atoms with Crippen LogP contribution in [0.15, 0.2) is 12.1 Å². The van der Waals surface area contributed by atoms with Crippen molar-refractivity contribution in [3.05, 3.63) is 22.7 Å². The van der Waals surface area contributed by atoms with Gasteiger partial charge in [-0.3, -0.25) is 4.79 Å². The number of carbonyl (C=O) groups excluding carboxylic acids is 1. The van der Waals surface area contributed by atoms with Crippen molar-refractivity contribution in [1.82, 2.24) is 9.88 Å². The Kier molecular flexibility index (Phi) is 3.85. The average molecular weight is 303 g/mol. The number of hydrogen-bond donors (Lipinski definition) is 1. The molecule has 1 aliphatic carbocycles. The van der Waals surface area contributed by atoms with Gasteiger partial charge >= 0.3 is 0 Å². The lowest BCUT2D eigenvalue weighted by molar-refractivity contribution is 0.0753. The molecule has 0 aromatic carbocycles. The summed E-state index contributed by atoms with van der Waals surface area (Å²) in [6.07, 6.45) is 3.47. The maximum absolute atomic E-state index is 12.8. The van der Waals surface area contributed by atoms with Gasteiger partial charge in [0.25, 0.3) is 5.91 Å². The van der Waals surface area contributed by atoms with Crippen molar-refractivity contribution in [3.8, 4) is 0 Å². The molecular formula is C16H21N3OS. The molecule has 0 unspecified atom stereocenters. The summed E-state index contributed by atoms with van der Waals surface area (Å²) in [5.74, 6) is 0.762. The van der Waals surface area contributed by atoms with E-state index in [0.717, 1.165) is 35.4 Å². The molecule has 0 spiro atoms. The zero-order valence-electron chi connectivity index (χ0n) is 12.6. The topological polar surface area (TPSA) is 59.2 Å². The number of thiophene rings is 1. The molecule has 21 heavy (non-hydrogen) atoms. The smallest absolute Gasteiger partial charge is 0.266 e. The van der Waals surface area contributed by atoms with Crippen LogP contribution in [0.4, 0.5) is 5.69 Å². The predicted molar refractivity (Wildman–Crippen MR) is 87.7 cm³/mol. The van der Waals surface area contributed by atoms with E-state index in [-0.39, 0.29) is 5.91 Å². The second-order valence-electron chi connectivity index (χ2n) is 5.84. The summed E-state index contributed by atoms with van der Waals surface area (Å²) in [5, 5.41) is 0.900. The lowest BCUT2D eigenvalue weighted by atomic mass is 10.2. The van der Waals surface area contributed by atoms with Crippen molar-refractivity contribution in [2.75, 3.05) is 18.8 Å². The van der Waals surface area contributed by atoms with Crippen LogP contribution >= 0.6 is 11.3 Å². The molecule has 1 fully saturated rings. The fraction of sp³-hybridized carbons (Fsp3) is 0.500. The van der Waals surface area contributed by atoms with Crippen LogP contribution in [0.1, 0.15) is 41.6 Å². The van der Waals surface area contributed by atoms with Gasteiger partial charge in [-0.2, -0.15) is 0 Å². The molecule has 0 atom stereocenters. The second kappa shape index (κ2) is 5.64. The van der Waals surface area contributed by atoms with Crippen LogP contribution in [0, 0.1) is 12.8 Å². The van der Waals surface area contributed by atoms with Gasteiger partial charge in [0.2, 0.25) is 0 Å². The third kappa shape index (κ3) is 2.88. The number of fused-ring (bicyclic) bond motifs is 1. The molecule has 1 amide bonds. The summed E-state index contributed by atoms with van der Waals surface area (Å²) >= 11 is 1.42. The van der Waals surface area contributed by atoms with Gasteiger partial charge in [-0.25, -0.2) is 4.98 Å². The Bertz CT molecular complexity index is 675. The standard InChI is InChI=1S/C16H21N3OS/c1-3-8-19(9-11-5-6-11)16(20)14-13(17)12-7-4-10(2)18-15(12)21-14/h4,7,11H,3,5-6,8-9,17H2,1-2H3. The molecule has 0 aliphatic heterocycles. The molecule has 2 heterocycles. The van der Waals surface area contributed by atoms with Gasteiger partial charge in [0.15, 0.2) is 0 Å². The Morgan fingerprint density at radius 3 is 2.90 bits per heavy atom. The Morgan fingerprint density at radius 1 is 1.48 bits per heavy atom. The van der Waals surface area contributed by atoms with E-state index >= 15 is 0 Å². The first-order valence-corrected chi connectivity index (χ1v) is 8.36. The Morgan fingerprint density at radius 2 is 2.24 bits per heavy atom. The first-order chi connectivity index (χ1) is 10.1. The highest BCUT2D eigenvalue weighted by Gasteiger charge is 2.28. The largest absolute Gasteiger partial charge is 0.397 e. The minimum atomic E-state index is 0.0712. The third-order valence-corrected chi connectivity index (χ3v) is 4.99. The molecule has 2 aromatic rings. The van der Waals surface area contributed by atoms with Crippen LogP contribution in [0.5, 0.6) is 0 Å². The van der Waals surface area contributed by atoms with Gasteiger partial charge in [-0.1, -0.05) is 6.92 Å². The minimum absolute atomic E-state index is 0.0712. The van der Waals surface area contributed by atoms with E-state index in [1.54, 1.807) is 0 Å². The number of amides is 1. The van der Waals surface area contributed by atoms with E-state index in [0.29, 0.717) is 16.5 Å². The number of nitrogens with two attached hydrogens (primary N) is 1. The molecule has 1 saturated carbocycles. The number of hydrogen-bond acceptors (Lipinski definition) is 4. The highest BCUT2D eigenvalue weighted by Crippen LogP contribution is 2.35. The van der Waals surface area contributed by atoms with Gasteiger partial charge in [0.05, 0.1) is 5.69 Å². The van der Waals surface area contributed by atoms with Crippen molar-refractivity contribution in [2.24, 2.45) is 5.92 Å². The number of aromatic nitrogens is 1. The van der Waals surface area contributed by atoms with Gasteiger partial charge in [-0.05, 0) is 44.2 Å². The number of aryl methyl sites for hydroxylation is 1. The van der Waals surface area contributed by atoms with Crippen LogP contribution in [-0.4, -0.2) is 28.9 Å². The van der Waals surface area contributed by atoms with Crippen molar-refractivity contribution >= 4 is 33.1 Å². The maximum atomic E-state index is 12.8. The summed E-state index contributed by atoms with van der Waals surface area (Å²) < 4.78 is 0. The number of nitrogens with zero attached hydrogens (tertiary/aromatic N) is 2. The van der Waals surface area contributed by atoms with E-state index in [4.69, 9.17) is 5.73 Å². The zero-order valence-corrected chi connectivity index (χ0v) is 13.4. The lowest BCUT2D eigenvalue weighted by Gasteiger charge is -2.21. The molecule has 2 aromatic heterocycles. The molecule has 0 saturated heterocycles. The van der Waals surface area contributed by atoms with Gasteiger partial charge < -0.3 is 10.6 Å². The van der Waals surface area contributed by atoms with E-state index in [1.165, 1.54) is 24.2 Å². The minimum Gasteiger partial charge on any atom is -0.397 e. The average Bonchev–Trinajstić information content (AvgIpc) is 3.21. The molecule has 3 rings (SSSR count). The summed E-state index contributed by atoms with van der Waals surface area (Å²) in [6.45, 7) is 5.72. The van der Waals surface area contributed by atoms with Gasteiger partial charge in [0, 0.05) is 24.2 Å². The molecule has 0 radical (unpaired) electrons. The van der Waals surface area contributed by atoms with E-state index in [2.05, 4.69) is 11.9 Å². The van der Waals surface area contributed by atoms with Crippen LogP contribution in [0.25, 0.3) is 10.2 Å². The second-order valence-corrected chi connectivity index (χ2v) is 6.84. The monoisotopic (exact) mass is 303 g/mol. The highest BCUT2D eigenvalue weighted by atomic mass is 32.1. The first-order valence-electron chi connectivity index (χ1n) is 7.55. The molecule has 112 valence electrons. The maximum Gasteiger partial charge on any atom is 0.266 e. The molecule has 2 N–H and O–H groups in total. The molecule has 1 aliphatic rings. The molecule has 5 heteroatoms. The Balaban J connectivity index is 1.93. The van der Waals surface area contributed by atoms with Crippen molar-refractivity contribution in [3.63, 3.8) is 0 Å². The van der Waals surface area contributed by atoms with Crippen LogP contribution < -0.4 is 5.73 Å². The molecular weight excluding hydrogens is 282 g/mol. The number of pyridine rings is 1. The van der Waals surface area contributed by atoms with Crippen LogP contribution in [-0.2, 0) is 0 Å². The Labute approximate surface area is 129 Å². The van der Waals surface area contributed by atoms with Crippen molar-refractivity contribution in [1.29, 1.82) is 0 Å². The van der Waals surface area contributed by atoms with Gasteiger partial charge in [0.1, 0.15) is 9.71 Å². The van der Waals surface area contributed by atoms with Crippen LogP contribution in [0.2, 0.25) is 0 Å². The zero-order chi connectivity index (χ0) is 15.0. The fourth-order valence-electron chi connectivity index (χ4n) is 2.55. The summed E-state index contributed by atoms with van der Waals surface area (Å²) in [5.41, 5.74) is 7.73. The third-order valence-electron chi connectivity index (χ3n) is 3.88. The van der Waals surface area contributed by atoms with E-state index in [1.807, 2.05) is 24.0 Å². The first kappa shape index (κ1) is 14.3. The van der Waals surface area contributed by atoms with Gasteiger partial charge in [-0.15, -0.1) is 11.3 Å². The number of rotatable bonds is 5. The summed E-state index contributed by atoms with van der Waals surface area (Å²) in [7, 11) is 0. The number of carbonyl (C=O) groups is 1. The quantitative estimate of drug-likeness (QED) is 0.920. The summed E-state index contributed by atoms with van der Waals surface area (Å²) in [4.78, 5) is 20.8. The normalized spacial score (nSPS) is 14.6. The molecule has 4 nitrogen and oxygen atoms in total. The fourth-order valence-corrected chi connectivity index (χ4v) is 3.66. The Hall–Kier alpha value is -1.62. The van der Waals surface area contributed by atoms with E-state index < -0.39 is 0 Å². The highest BCUT2D eigenvalue weighted by molar-refractivity contribution is 7.21. The molecule has 0 bridgehead atoms. The lowest BCUT2D eigenvalue weighted by Crippen LogP contribution is -2.33. The van der Waals surface area contributed by atoms with Crippen LogP contribution in [0.3, 0.4) is 0 Å². The SMILES string of the molecule is CCCN(CC1CC1)C(=O)c1sc2nc(C)ccc2c1N. The number of nitrogen functional groups attached to an aromatic ring is 1. The number of anilines is 1. The van der Waals surface area contributed by atoms with E-state index in [9.17, 15) is 4.79 Å². The van der Waals surface area contributed by atoms with Crippen molar-refractivity contribution in [2.45, 2.75) is 33.1 Å². The predicted octanol–water partition coefficient (Wildman–Crippen LogP) is 3.45. The summed E-state index contributed by atoms with van der Waals surface area (Å²) in [6, 6.07) is 3.90. The van der Waals surface area contributed by atoms with Crippen molar-refractivity contribution < 1.29 is 4.79 Å².